The number of hydrogen-bond donors (Lipinski definition) is 1. The molecule has 0 unspecified atom stereocenters. The summed E-state index contributed by atoms with van der Waals surface area (Å²) < 4.78 is 2.17. The summed E-state index contributed by atoms with van der Waals surface area (Å²) in [5.41, 5.74) is 2.47. The van der Waals surface area contributed by atoms with Gasteiger partial charge in [0.1, 0.15) is 5.82 Å². The van der Waals surface area contributed by atoms with Crippen molar-refractivity contribution in [1.29, 1.82) is 0 Å². The number of thioether (sulfide) groups is 1. The Morgan fingerprint density at radius 2 is 1.78 bits per heavy atom. The summed E-state index contributed by atoms with van der Waals surface area (Å²) in [5.74, 6) is 2.16. The fraction of sp³-hybridized carbons (Fsp3) is 0.571. The molecule has 5 nitrogen and oxygen atoms in total. The van der Waals surface area contributed by atoms with E-state index in [0.29, 0.717) is 23.6 Å². The smallest absolute Gasteiger partial charge is 0.230 e. The third-order valence-electron chi connectivity index (χ3n) is 5.02. The van der Waals surface area contributed by atoms with E-state index in [2.05, 4.69) is 72.0 Å². The average Bonchev–Trinajstić information content (AvgIpc) is 3.40. The Morgan fingerprint density at radius 1 is 1.15 bits per heavy atom. The first-order chi connectivity index (χ1) is 12.9. The van der Waals surface area contributed by atoms with Gasteiger partial charge >= 0.3 is 0 Å². The fourth-order valence-corrected chi connectivity index (χ4v) is 4.13. The van der Waals surface area contributed by atoms with E-state index in [0.717, 1.165) is 16.5 Å². The predicted octanol–water partition coefficient (Wildman–Crippen LogP) is 4.65. The summed E-state index contributed by atoms with van der Waals surface area (Å²) >= 11 is 1.48. The van der Waals surface area contributed by atoms with Crippen LogP contribution in [-0.4, -0.2) is 26.4 Å². The van der Waals surface area contributed by atoms with Crippen molar-refractivity contribution in [2.75, 3.05) is 5.75 Å². The van der Waals surface area contributed by atoms with E-state index in [1.165, 1.54) is 30.2 Å². The zero-order valence-corrected chi connectivity index (χ0v) is 17.7. The standard InChI is InChI=1S/C21H30N4OS/c1-13(2)16-6-8-17(9-7-16)20(14(3)4)22-19(26)12-27-21-24-23-15(5)25(21)18-10-11-18/h6-9,13-14,18,20H,10-12H2,1-5H3,(H,22,26)/t20-/m0/s1. The van der Waals surface area contributed by atoms with Crippen LogP contribution in [0.25, 0.3) is 0 Å². The molecule has 1 amide bonds. The molecule has 1 saturated carbocycles. The number of nitrogens with one attached hydrogen (secondary N) is 1. The van der Waals surface area contributed by atoms with E-state index in [4.69, 9.17) is 0 Å². The van der Waals surface area contributed by atoms with Gasteiger partial charge in [0.15, 0.2) is 5.16 Å². The highest BCUT2D eigenvalue weighted by Gasteiger charge is 2.28. The molecule has 2 aromatic rings. The fourth-order valence-electron chi connectivity index (χ4n) is 3.27. The molecule has 1 N–H and O–H groups in total. The molecule has 0 aliphatic heterocycles. The van der Waals surface area contributed by atoms with Crippen LogP contribution in [0.4, 0.5) is 0 Å². The largest absolute Gasteiger partial charge is 0.348 e. The first-order valence-electron chi connectivity index (χ1n) is 9.80. The van der Waals surface area contributed by atoms with Gasteiger partial charge in [-0.15, -0.1) is 10.2 Å². The van der Waals surface area contributed by atoms with Crippen LogP contribution in [0.2, 0.25) is 0 Å². The number of hydrogen-bond acceptors (Lipinski definition) is 4. The number of carbonyl (C=O) groups is 1. The van der Waals surface area contributed by atoms with Crippen molar-refractivity contribution in [3.8, 4) is 0 Å². The lowest BCUT2D eigenvalue weighted by atomic mass is 9.93. The molecule has 0 saturated heterocycles. The van der Waals surface area contributed by atoms with Gasteiger partial charge in [-0.3, -0.25) is 4.79 Å². The van der Waals surface area contributed by atoms with Crippen molar-refractivity contribution < 1.29 is 4.79 Å². The second-order valence-corrected chi connectivity index (χ2v) is 8.97. The first-order valence-corrected chi connectivity index (χ1v) is 10.8. The highest BCUT2D eigenvalue weighted by molar-refractivity contribution is 7.99. The van der Waals surface area contributed by atoms with Crippen molar-refractivity contribution in [2.45, 2.75) is 70.6 Å². The minimum atomic E-state index is 0.0161. The van der Waals surface area contributed by atoms with E-state index in [1.807, 2.05) is 6.92 Å². The van der Waals surface area contributed by atoms with E-state index in [-0.39, 0.29) is 11.9 Å². The van der Waals surface area contributed by atoms with Crippen molar-refractivity contribution >= 4 is 17.7 Å². The molecular formula is C21H30N4OS. The summed E-state index contributed by atoms with van der Waals surface area (Å²) in [7, 11) is 0. The van der Waals surface area contributed by atoms with Crippen LogP contribution in [0, 0.1) is 12.8 Å². The normalized spacial score (nSPS) is 15.4. The molecule has 0 bridgehead atoms. The Labute approximate surface area is 166 Å². The second-order valence-electron chi connectivity index (χ2n) is 8.03. The minimum Gasteiger partial charge on any atom is -0.348 e. The van der Waals surface area contributed by atoms with Crippen LogP contribution < -0.4 is 5.32 Å². The number of aromatic nitrogens is 3. The van der Waals surface area contributed by atoms with Crippen LogP contribution in [-0.2, 0) is 4.79 Å². The number of benzene rings is 1. The van der Waals surface area contributed by atoms with E-state index in [9.17, 15) is 4.79 Å². The minimum absolute atomic E-state index is 0.0161. The number of aryl methyl sites for hydroxylation is 1. The third-order valence-corrected chi connectivity index (χ3v) is 5.97. The lowest BCUT2D eigenvalue weighted by molar-refractivity contribution is -0.119. The van der Waals surface area contributed by atoms with Crippen molar-refractivity contribution in [2.24, 2.45) is 5.92 Å². The molecule has 1 heterocycles. The van der Waals surface area contributed by atoms with Gasteiger partial charge in [0.2, 0.25) is 5.91 Å². The predicted molar refractivity (Wildman–Crippen MR) is 110 cm³/mol. The average molecular weight is 387 g/mol. The van der Waals surface area contributed by atoms with E-state index >= 15 is 0 Å². The van der Waals surface area contributed by atoms with Crippen LogP contribution >= 0.6 is 11.8 Å². The summed E-state index contributed by atoms with van der Waals surface area (Å²) in [6, 6.07) is 9.14. The van der Waals surface area contributed by atoms with Crippen LogP contribution in [0.1, 0.15) is 75.5 Å². The Kier molecular flexibility index (Phi) is 6.25. The monoisotopic (exact) mass is 386 g/mol. The van der Waals surface area contributed by atoms with Gasteiger partial charge in [-0.1, -0.05) is 63.7 Å². The van der Waals surface area contributed by atoms with Gasteiger partial charge in [0.25, 0.3) is 0 Å². The van der Waals surface area contributed by atoms with Crippen molar-refractivity contribution in [3.05, 3.63) is 41.2 Å². The maximum Gasteiger partial charge on any atom is 0.230 e. The highest BCUT2D eigenvalue weighted by atomic mass is 32.2. The number of carbonyl (C=O) groups excluding carboxylic acids is 1. The van der Waals surface area contributed by atoms with E-state index in [1.54, 1.807) is 0 Å². The molecule has 3 rings (SSSR count). The highest BCUT2D eigenvalue weighted by Crippen LogP contribution is 2.38. The molecule has 1 atom stereocenters. The molecule has 146 valence electrons. The molecule has 1 aliphatic rings. The summed E-state index contributed by atoms with van der Waals surface area (Å²) in [5, 5.41) is 12.5. The first kappa shape index (κ1) is 19.9. The van der Waals surface area contributed by atoms with Gasteiger partial charge in [-0.25, -0.2) is 0 Å². The van der Waals surface area contributed by atoms with Gasteiger partial charge in [-0.05, 0) is 42.7 Å². The molecule has 0 radical (unpaired) electrons. The van der Waals surface area contributed by atoms with Gasteiger partial charge in [0, 0.05) is 6.04 Å². The molecule has 1 aromatic carbocycles. The van der Waals surface area contributed by atoms with Crippen LogP contribution in [0.15, 0.2) is 29.4 Å². The molecule has 1 aliphatic carbocycles. The van der Waals surface area contributed by atoms with Crippen molar-refractivity contribution in [3.63, 3.8) is 0 Å². The van der Waals surface area contributed by atoms with E-state index < -0.39 is 0 Å². The number of amides is 1. The summed E-state index contributed by atoms with van der Waals surface area (Å²) in [6.07, 6.45) is 2.36. The van der Waals surface area contributed by atoms with Gasteiger partial charge in [0.05, 0.1) is 11.8 Å². The quantitative estimate of drug-likeness (QED) is 0.671. The number of rotatable bonds is 8. The lowest BCUT2D eigenvalue weighted by Crippen LogP contribution is -2.33. The molecule has 0 spiro atoms. The topological polar surface area (TPSA) is 59.8 Å². The van der Waals surface area contributed by atoms with Crippen molar-refractivity contribution in [1.82, 2.24) is 20.1 Å². The maximum absolute atomic E-state index is 12.6. The van der Waals surface area contributed by atoms with Crippen LogP contribution in [0.5, 0.6) is 0 Å². The molecule has 1 fully saturated rings. The SMILES string of the molecule is Cc1nnc(SCC(=O)N[C@H](c2ccc(C(C)C)cc2)C(C)C)n1C1CC1. The lowest BCUT2D eigenvalue weighted by Gasteiger charge is -2.23. The molecule has 27 heavy (non-hydrogen) atoms. The third kappa shape index (κ3) is 4.92. The van der Waals surface area contributed by atoms with Crippen LogP contribution in [0.3, 0.4) is 0 Å². The van der Waals surface area contributed by atoms with Gasteiger partial charge < -0.3 is 9.88 Å². The molecule has 1 aromatic heterocycles. The number of nitrogens with zero attached hydrogens (tertiary/aromatic N) is 3. The molecule has 6 heteroatoms. The zero-order valence-electron chi connectivity index (χ0n) is 16.9. The zero-order chi connectivity index (χ0) is 19.6. The Balaban J connectivity index is 1.62. The summed E-state index contributed by atoms with van der Waals surface area (Å²) in [4.78, 5) is 12.6. The Morgan fingerprint density at radius 3 is 2.33 bits per heavy atom. The van der Waals surface area contributed by atoms with Gasteiger partial charge in [-0.2, -0.15) is 0 Å². The second kappa shape index (κ2) is 8.46. The Hall–Kier alpha value is -1.82. The molecular weight excluding hydrogens is 356 g/mol. The Bertz CT molecular complexity index is 778. The maximum atomic E-state index is 12.6. The summed E-state index contributed by atoms with van der Waals surface area (Å²) in [6.45, 7) is 10.6.